The first-order chi connectivity index (χ1) is 13.7. The number of fused-ring (bicyclic) bond motifs is 3. The maximum absolute atomic E-state index is 5.16. The van der Waals surface area contributed by atoms with Crippen molar-refractivity contribution in [1.29, 1.82) is 0 Å². The van der Waals surface area contributed by atoms with Gasteiger partial charge in [0.25, 0.3) is 0 Å². The average Bonchev–Trinajstić information content (AvgIpc) is 2.74. The van der Waals surface area contributed by atoms with Crippen LogP contribution in [0, 0.1) is 6.92 Å². The van der Waals surface area contributed by atoms with Gasteiger partial charge in [-0.25, -0.2) is 4.57 Å². The predicted molar refractivity (Wildman–Crippen MR) is 114 cm³/mol. The molecule has 0 atom stereocenters. The molecule has 0 aliphatic rings. The standard InChI is InChI=1S/C25H20N3/c1-17-9-3-5-11-19(17)25-27-23-20-12-6-4-10-18(20)14-15-21(23)24(28(25)2)22-13-7-8-16-26-22/h3-16H,1-2H3/q+1. The van der Waals surface area contributed by atoms with Gasteiger partial charge in [-0.1, -0.05) is 48.5 Å². The molecule has 0 amide bonds. The summed E-state index contributed by atoms with van der Waals surface area (Å²) in [6, 6.07) is 27.2. The topological polar surface area (TPSA) is 29.7 Å². The third kappa shape index (κ3) is 2.55. The van der Waals surface area contributed by atoms with Gasteiger partial charge in [0, 0.05) is 11.6 Å². The zero-order valence-electron chi connectivity index (χ0n) is 15.9. The highest BCUT2D eigenvalue weighted by atomic mass is 15.0. The van der Waals surface area contributed by atoms with Gasteiger partial charge in [0.05, 0.1) is 18.0 Å². The van der Waals surface area contributed by atoms with Crippen LogP contribution in [0.3, 0.4) is 0 Å². The van der Waals surface area contributed by atoms with E-state index in [4.69, 9.17) is 4.98 Å². The van der Waals surface area contributed by atoms with Crippen LogP contribution in [-0.4, -0.2) is 9.97 Å². The molecule has 3 heteroatoms. The lowest BCUT2D eigenvalue weighted by Gasteiger charge is -2.11. The summed E-state index contributed by atoms with van der Waals surface area (Å²) in [7, 11) is 2.08. The fourth-order valence-corrected chi connectivity index (χ4v) is 3.91. The molecule has 3 aromatic carbocycles. The second-order valence-electron chi connectivity index (χ2n) is 7.06. The van der Waals surface area contributed by atoms with Gasteiger partial charge in [0.1, 0.15) is 5.69 Å². The summed E-state index contributed by atoms with van der Waals surface area (Å²) in [5.74, 6) is 0.947. The molecule has 0 unspecified atom stereocenters. The number of benzene rings is 3. The number of hydrogen-bond donors (Lipinski definition) is 0. The number of nitrogens with zero attached hydrogens (tertiary/aromatic N) is 3. The molecule has 0 spiro atoms. The fraction of sp³-hybridized carbons (Fsp3) is 0.0800. The van der Waals surface area contributed by atoms with Crippen LogP contribution in [-0.2, 0) is 7.05 Å². The first-order valence-electron chi connectivity index (χ1n) is 9.43. The van der Waals surface area contributed by atoms with E-state index in [2.05, 4.69) is 90.3 Å². The first-order valence-corrected chi connectivity index (χ1v) is 9.43. The van der Waals surface area contributed by atoms with Crippen LogP contribution >= 0.6 is 0 Å². The van der Waals surface area contributed by atoms with Crippen molar-refractivity contribution in [3.8, 4) is 22.8 Å². The minimum absolute atomic E-state index is 0.947. The van der Waals surface area contributed by atoms with E-state index in [1.54, 1.807) is 0 Å². The molecule has 134 valence electrons. The molecule has 2 heterocycles. The predicted octanol–water partition coefficient (Wildman–Crippen LogP) is 5.25. The molecule has 0 aliphatic carbocycles. The molecule has 5 rings (SSSR count). The number of hydrogen-bond acceptors (Lipinski definition) is 2. The van der Waals surface area contributed by atoms with Crippen molar-refractivity contribution in [2.75, 3.05) is 0 Å². The van der Waals surface area contributed by atoms with Gasteiger partial charge in [-0.05, 0) is 53.2 Å². The van der Waals surface area contributed by atoms with Crippen LogP contribution < -0.4 is 4.57 Å². The summed E-state index contributed by atoms with van der Waals surface area (Å²) in [4.78, 5) is 9.80. The summed E-state index contributed by atoms with van der Waals surface area (Å²) in [6.45, 7) is 2.13. The molecule has 0 bridgehead atoms. The van der Waals surface area contributed by atoms with Crippen LogP contribution in [0.25, 0.3) is 44.5 Å². The molecule has 2 aromatic heterocycles. The molecule has 28 heavy (non-hydrogen) atoms. The van der Waals surface area contributed by atoms with Crippen molar-refractivity contribution in [2.45, 2.75) is 6.92 Å². The van der Waals surface area contributed by atoms with Gasteiger partial charge in [-0.15, -0.1) is 0 Å². The van der Waals surface area contributed by atoms with Crippen LogP contribution in [0.5, 0.6) is 0 Å². The molecule has 0 saturated heterocycles. The van der Waals surface area contributed by atoms with E-state index in [9.17, 15) is 0 Å². The Morgan fingerprint density at radius 2 is 1.54 bits per heavy atom. The van der Waals surface area contributed by atoms with E-state index in [-0.39, 0.29) is 0 Å². The van der Waals surface area contributed by atoms with E-state index in [0.29, 0.717) is 0 Å². The lowest BCUT2D eigenvalue weighted by Crippen LogP contribution is -2.36. The van der Waals surface area contributed by atoms with Gasteiger partial charge in [-0.2, -0.15) is 0 Å². The van der Waals surface area contributed by atoms with Crippen LogP contribution in [0.2, 0.25) is 0 Å². The lowest BCUT2D eigenvalue weighted by molar-refractivity contribution is -0.650. The van der Waals surface area contributed by atoms with Crippen molar-refractivity contribution in [3.05, 3.63) is 90.6 Å². The highest BCUT2D eigenvalue weighted by Gasteiger charge is 2.25. The Morgan fingerprint density at radius 3 is 2.36 bits per heavy atom. The van der Waals surface area contributed by atoms with E-state index < -0.39 is 0 Å². The molecule has 5 aromatic rings. The molecule has 3 nitrogen and oxygen atoms in total. The number of aromatic nitrogens is 3. The maximum atomic E-state index is 5.16. The monoisotopic (exact) mass is 362 g/mol. The van der Waals surface area contributed by atoms with Crippen molar-refractivity contribution in [3.63, 3.8) is 0 Å². The molecule has 0 radical (unpaired) electrons. The molecular formula is C25H20N3+. The summed E-state index contributed by atoms with van der Waals surface area (Å²) in [5, 5.41) is 3.46. The highest BCUT2D eigenvalue weighted by molar-refractivity contribution is 6.08. The molecule has 0 fully saturated rings. The molecule has 0 aliphatic heterocycles. The Bertz CT molecular complexity index is 1320. The number of rotatable bonds is 2. The largest absolute Gasteiger partial charge is 0.331 e. The van der Waals surface area contributed by atoms with Gasteiger partial charge in [0.2, 0.25) is 0 Å². The van der Waals surface area contributed by atoms with Gasteiger partial charge in [-0.3, -0.25) is 4.98 Å². The second kappa shape index (κ2) is 6.54. The fourth-order valence-electron chi connectivity index (χ4n) is 3.91. The zero-order chi connectivity index (χ0) is 19.1. The first kappa shape index (κ1) is 16.6. The van der Waals surface area contributed by atoms with Crippen molar-refractivity contribution < 1.29 is 4.57 Å². The Balaban J connectivity index is 1.98. The third-order valence-electron chi connectivity index (χ3n) is 5.32. The lowest BCUT2D eigenvalue weighted by atomic mass is 10.0. The van der Waals surface area contributed by atoms with E-state index in [0.717, 1.165) is 39.1 Å². The Kier molecular flexibility index (Phi) is 3.87. The molecule has 0 N–H and O–H groups in total. The van der Waals surface area contributed by atoms with E-state index in [1.807, 2.05) is 18.3 Å². The quantitative estimate of drug-likeness (QED) is 0.317. The Hall–Kier alpha value is -3.59. The van der Waals surface area contributed by atoms with Crippen LogP contribution in [0.15, 0.2) is 85.1 Å². The van der Waals surface area contributed by atoms with Crippen LogP contribution in [0.4, 0.5) is 0 Å². The number of aryl methyl sites for hydroxylation is 1. The summed E-state index contributed by atoms with van der Waals surface area (Å²) in [5.41, 5.74) is 5.38. The average molecular weight is 362 g/mol. The van der Waals surface area contributed by atoms with Gasteiger partial charge >= 0.3 is 5.82 Å². The van der Waals surface area contributed by atoms with E-state index >= 15 is 0 Å². The third-order valence-corrected chi connectivity index (χ3v) is 5.32. The van der Waals surface area contributed by atoms with Crippen LogP contribution in [0.1, 0.15) is 5.56 Å². The van der Waals surface area contributed by atoms with E-state index in [1.165, 1.54) is 10.9 Å². The normalized spacial score (nSPS) is 11.2. The summed E-state index contributed by atoms with van der Waals surface area (Å²) < 4.78 is 2.17. The molecular weight excluding hydrogens is 342 g/mol. The SMILES string of the molecule is Cc1ccccc1-c1nc2c(ccc3ccccc32)c(-c2ccccn2)[n+]1C. The van der Waals surface area contributed by atoms with Crippen molar-refractivity contribution in [1.82, 2.24) is 9.97 Å². The maximum Gasteiger partial charge on any atom is 0.331 e. The van der Waals surface area contributed by atoms with Crippen molar-refractivity contribution >= 4 is 21.7 Å². The Morgan fingerprint density at radius 1 is 0.750 bits per heavy atom. The summed E-state index contributed by atoms with van der Waals surface area (Å²) in [6.07, 6.45) is 1.84. The minimum Gasteiger partial charge on any atom is -0.252 e. The minimum atomic E-state index is 0.947. The summed E-state index contributed by atoms with van der Waals surface area (Å²) >= 11 is 0. The zero-order valence-corrected chi connectivity index (χ0v) is 15.9. The number of pyridine rings is 1. The highest BCUT2D eigenvalue weighted by Crippen LogP contribution is 2.31. The molecule has 0 saturated carbocycles. The van der Waals surface area contributed by atoms with Crippen molar-refractivity contribution in [2.24, 2.45) is 7.05 Å². The Labute approximate surface area is 164 Å². The second-order valence-corrected chi connectivity index (χ2v) is 7.06. The van der Waals surface area contributed by atoms with Gasteiger partial charge in [0.15, 0.2) is 11.2 Å². The smallest absolute Gasteiger partial charge is 0.252 e. The van der Waals surface area contributed by atoms with Gasteiger partial charge < -0.3 is 0 Å².